The first-order chi connectivity index (χ1) is 3.77. The standard InChI is InChI=1S/C3H8BrO3P.Cu/c4-2-1-3-7-8(5)6;/h8H,1-3H2,(H,5,6);/q;+1/p-1. The van der Waals surface area contributed by atoms with E-state index >= 15 is 0 Å². The third-order valence-electron chi connectivity index (χ3n) is 0.498. The number of alkyl halides is 1. The topological polar surface area (TPSA) is 49.4 Å². The molecule has 0 rings (SSSR count). The maximum atomic E-state index is 9.71. The molecule has 0 heterocycles. The second kappa shape index (κ2) is 9.15. The van der Waals surface area contributed by atoms with Crippen molar-refractivity contribution in [3.05, 3.63) is 0 Å². The van der Waals surface area contributed by atoms with Gasteiger partial charge in [-0.05, 0) is 6.42 Å². The van der Waals surface area contributed by atoms with Crippen LogP contribution >= 0.6 is 24.2 Å². The minimum atomic E-state index is -2.93. The molecule has 0 radical (unpaired) electrons. The Hall–Kier alpha value is 1.15. The van der Waals surface area contributed by atoms with Gasteiger partial charge in [-0.1, -0.05) is 15.9 Å². The summed E-state index contributed by atoms with van der Waals surface area (Å²) in [6, 6.07) is 0. The minimum absolute atomic E-state index is 0. The summed E-state index contributed by atoms with van der Waals surface area (Å²) >= 11 is 3.13. The van der Waals surface area contributed by atoms with E-state index in [2.05, 4.69) is 20.5 Å². The first-order valence-electron chi connectivity index (χ1n) is 2.17. The van der Waals surface area contributed by atoms with Crippen molar-refractivity contribution >= 4 is 24.2 Å². The molecule has 0 aromatic heterocycles. The molecule has 9 heavy (non-hydrogen) atoms. The molecule has 0 N–H and O–H groups in total. The number of hydrogen-bond donors (Lipinski definition) is 0. The summed E-state index contributed by atoms with van der Waals surface area (Å²) in [7, 11) is -2.93. The van der Waals surface area contributed by atoms with Crippen LogP contribution < -0.4 is 4.89 Å². The fourth-order valence-corrected chi connectivity index (χ4v) is 0.750. The van der Waals surface area contributed by atoms with Crippen molar-refractivity contribution in [3.63, 3.8) is 0 Å². The molecule has 1 atom stereocenters. The summed E-state index contributed by atoms with van der Waals surface area (Å²) in [5, 5.41) is 0.780. The van der Waals surface area contributed by atoms with E-state index in [-0.39, 0.29) is 17.1 Å². The van der Waals surface area contributed by atoms with Crippen LogP contribution in [0.25, 0.3) is 0 Å². The van der Waals surface area contributed by atoms with Gasteiger partial charge in [-0.15, -0.1) is 0 Å². The molecule has 0 fully saturated rings. The predicted molar refractivity (Wildman–Crippen MR) is 33.4 cm³/mol. The fourth-order valence-electron chi connectivity index (χ4n) is 0.210. The van der Waals surface area contributed by atoms with E-state index in [0.717, 1.165) is 11.8 Å². The van der Waals surface area contributed by atoms with E-state index < -0.39 is 8.25 Å². The van der Waals surface area contributed by atoms with Crippen LogP contribution in [-0.2, 0) is 26.2 Å². The molecule has 0 aliphatic rings. The normalized spacial score (nSPS) is 12.2. The van der Waals surface area contributed by atoms with Gasteiger partial charge in [-0.25, -0.2) is 0 Å². The zero-order valence-corrected chi connectivity index (χ0v) is 8.05. The van der Waals surface area contributed by atoms with E-state index in [1.54, 1.807) is 0 Å². The molecule has 0 aliphatic carbocycles. The van der Waals surface area contributed by atoms with Gasteiger partial charge in [-0.3, -0.25) is 0 Å². The maximum Gasteiger partial charge on any atom is 1.00 e. The quantitative estimate of drug-likeness (QED) is 0.323. The third-order valence-corrected chi connectivity index (χ3v) is 1.50. The summed E-state index contributed by atoms with van der Waals surface area (Å²) < 4.78 is 14.0. The molecule has 0 bridgehead atoms. The largest absolute Gasteiger partial charge is 1.00 e. The first-order valence-corrected chi connectivity index (χ1v) is 4.51. The van der Waals surface area contributed by atoms with E-state index in [0.29, 0.717) is 6.61 Å². The van der Waals surface area contributed by atoms with Crippen LogP contribution in [0.3, 0.4) is 0 Å². The van der Waals surface area contributed by atoms with Gasteiger partial charge >= 0.3 is 17.1 Å². The van der Waals surface area contributed by atoms with Crippen molar-refractivity contribution in [1.29, 1.82) is 0 Å². The Balaban J connectivity index is 0. The van der Waals surface area contributed by atoms with Crippen molar-refractivity contribution in [2.24, 2.45) is 0 Å². The minimum Gasteiger partial charge on any atom is -0.781 e. The van der Waals surface area contributed by atoms with Crippen LogP contribution in [0.5, 0.6) is 0 Å². The Kier molecular flexibility index (Phi) is 13.0. The molecule has 0 aromatic carbocycles. The summed E-state index contributed by atoms with van der Waals surface area (Å²) in [6.07, 6.45) is 0.735. The SMILES string of the molecule is O=[PH]([O-])OCCCBr.[Cu+]. The molecular weight excluding hydrogens is 258 g/mol. The van der Waals surface area contributed by atoms with Gasteiger partial charge in [0.25, 0.3) is 0 Å². The van der Waals surface area contributed by atoms with Crippen molar-refractivity contribution in [1.82, 2.24) is 0 Å². The molecule has 0 aliphatic heterocycles. The van der Waals surface area contributed by atoms with Gasteiger partial charge in [0.1, 0.15) is 8.25 Å². The van der Waals surface area contributed by atoms with Crippen LogP contribution in [0.1, 0.15) is 6.42 Å². The van der Waals surface area contributed by atoms with Gasteiger partial charge in [0.15, 0.2) is 0 Å². The van der Waals surface area contributed by atoms with Crippen molar-refractivity contribution in [3.8, 4) is 0 Å². The van der Waals surface area contributed by atoms with Gasteiger partial charge in [0.2, 0.25) is 0 Å². The van der Waals surface area contributed by atoms with Crippen LogP contribution in [0.4, 0.5) is 0 Å². The molecule has 0 aromatic rings. The smallest absolute Gasteiger partial charge is 0.781 e. The molecule has 0 saturated carbocycles. The molecule has 1 unspecified atom stereocenters. The van der Waals surface area contributed by atoms with Crippen LogP contribution in [0, 0.1) is 0 Å². The maximum absolute atomic E-state index is 9.71. The zero-order valence-electron chi connectivity index (χ0n) is 4.53. The Morgan fingerprint density at radius 2 is 2.22 bits per heavy atom. The fraction of sp³-hybridized carbons (Fsp3) is 1.00. The Morgan fingerprint density at radius 3 is 2.56 bits per heavy atom. The van der Waals surface area contributed by atoms with Gasteiger partial charge < -0.3 is 14.0 Å². The Morgan fingerprint density at radius 1 is 1.67 bits per heavy atom. The van der Waals surface area contributed by atoms with Crippen LogP contribution in [-0.4, -0.2) is 11.9 Å². The van der Waals surface area contributed by atoms with E-state index in [1.165, 1.54) is 0 Å². The Bertz CT molecular complexity index is 81.5. The van der Waals surface area contributed by atoms with Gasteiger partial charge in [0.05, 0.1) is 6.61 Å². The molecule has 0 saturated heterocycles. The summed E-state index contributed by atoms with van der Waals surface area (Å²) in [4.78, 5) is 9.71. The summed E-state index contributed by atoms with van der Waals surface area (Å²) in [6.45, 7) is 0.298. The predicted octanol–water partition coefficient (Wildman–Crippen LogP) is 0.535. The average molecular weight is 266 g/mol. The third kappa shape index (κ3) is 12.4. The van der Waals surface area contributed by atoms with Crippen LogP contribution in [0.2, 0.25) is 0 Å². The molecule has 0 amide bonds. The summed E-state index contributed by atoms with van der Waals surface area (Å²) in [5.41, 5.74) is 0. The van der Waals surface area contributed by atoms with Crippen molar-refractivity contribution < 1.29 is 31.1 Å². The zero-order chi connectivity index (χ0) is 6.41. The molecule has 3 nitrogen and oxygen atoms in total. The number of halogens is 1. The monoisotopic (exact) mass is 264 g/mol. The van der Waals surface area contributed by atoms with Crippen molar-refractivity contribution in [2.75, 3.05) is 11.9 Å². The molecule has 6 heteroatoms. The van der Waals surface area contributed by atoms with Gasteiger partial charge in [0, 0.05) is 5.33 Å². The van der Waals surface area contributed by atoms with E-state index in [1.807, 2.05) is 0 Å². The van der Waals surface area contributed by atoms with Crippen molar-refractivity contribution in [2.45, 2.75) is 6.42 Å². The first kappa shape index (κ1) is 12.8. The number of hydrogen-bond acceptors (Lipinski definition) is 3. The average Bonchev–Trinajstić information content (AvgIpc) is 1.66. The molecular formula is C3H7BrCuO3P. The molecule has 0 spiro atoms. The van der Waals surface area contributed by atoms with E-state index in [4.69, 9.17) is 0 Å². The van der Waals surface area contributed by atoms with Gasteiger partial charge in [-0.2, -0.15) is 0 Å². The molecule has 60 valence electrons. The second-order valence-corrected chi connectivity index (χ2v) is 2.72. The van der Waals surface area contributed by atoms with E-state index in [9.17, 15) is 9.46 Å². The second-order valence-electron chi connectivity index (χ2n) is 1.14. The number of rotatable bonds is 4. The summed E-state index contributed by atoms with van der Waals surface area (Å²) in [5.74, 6) is 0. The van der Waals surface area contributed by atoms with Crippen LogP contribution in [0.15, 0.2) is 0 Å². The Labute approximate surface area is 73.7 Å².